The van der Waals surface area contributed by atoms with Crippen molar-refractivity contribution in [3.05, 3.63) is 59.4 Å². The Labute approximate surface area is 146 Å². The molecule has 0 unspecified atom stereocenters. The van der Waals surface area contributed by atoms with Crippen LogP contribution in [-0.2, 0) is 20.9 Å². The molecule has 3 rings (SSSR count). The molecule has 1 atom stereocenters. The Morgan fingerprint density at radius 3 is 2.52 bits per heavy atom. The van der Waals surface area contributed by atoms with Crippen molar-refractivity contribution in [1.82, 2.24) is 9.47 Å². The average molecular weight is 340 g/mol. The van der Waals surface area contributed by atoms with Gasteiger partial charge >= 0.3 is 5.97 Å². The van der Waals surface area contributed by atoms with Gasteiger partial charge in [-0.15, -0.1) is 0 Å². The van der Waals surface area contributed by atoms with Crippen LogP contribution in [0.1, 0.15) is 34.1 Å². The van der Waals surface area contributed by atoms with Crippen molar-refractivity contribution >= 4 is 17.7 Å². The van der Waals surface area contributed by atoms with Crippen LogP contribution < -0.4 is 0 Å². The molecule has 1 aliphatic heterocycles. The van der Waals surface area contributed by atoms with Crippen LogP contribution >= 0.6 is 0 Å². The highest BCUT2D eigenvalue weighted by molar-refractivity contribution is 6.08. The quantitative estimate of drug-likeness (QED) is 0.615. The molecule has 0 aliphatic carbocycles. The Kier molecular flexibility index (Phi) is 4.70. The van der Waals surface area contributed by atoms with Gasteiger partial charge in [-0.2, -0.15) is 0 Å². The number of hydrogen-bond donors (Lipinski definition) is 0. The highest BCUT2D eigenvalue weighted by atomic mass is 16.5. The number of fused-ring (bicyclic) bond motifs is 1. The predicted octanol–water partition coefficient (Wildman–Crippen LogP) is 1.84. The van der Waals surface area contributed by atoms with Crippen LogP contribution in [0.2, 0.25) is 0 Å². The molecule has 0 radical (unpaired) electrons. The monoisotopic (exact) mass is 340 g/mol. The van der Waals surface area contributed by atoms with Crippen molar-refractivity contribution in [2.24, 2.45) is 0 Å². The van der Waals surface area contributed by atoms with Gasteiger partial charge in [0, 0.05) is 31.9 Å². The van der Waals surface area contributed by atoms with Gasteiger partial charge in [-0.05, 0) is 18.6 Å². The van der Waals surface area contributed by atoms with Crippen LogP contribution in [0.3, 0.4) is 0 Å². The van der Waals surface area contributed by atoms with Gasteiger partial charge in [-0.3, -0.25) is 14.4 Å². The first kappa shape index (κ1) is 17.0. The molecule has 0 saturated carbocycles. The Bertz CT molecular complexity index is 808. The third kappa shape index (κ3) is 3.33. The molecular weight excluding hydrogens is 320 g/mol. The minimum atomic E-state index is -0.438. The summed E-state index contributed by atoms with van der Waals surface area (Å²) in [4.78, 5) is 37.9. The SMILES string of the molecule is CN(C)C(=O)COC(=O)[C@H]1CCn2c(C(=O)c3ccccc3)ccc21. The number of rotatable bonds is 5. The molecule has 25 heavy (non-hydrogen) atoms. The number of carbonyl (C=O) groups is 3. The smallest absolute Gasteiger partial charge is 0.315 e. The van der Waals surface area contributed by atoms with Crippen LogP contribution in [0.4, 0.5) is 0 Å². The molecule has 130 valence electrons. The van der Waals surface area contributed by atoms with Gasteiger partial charge < -0.3 is 14.2 Å². The maximum absolute atomic E-state index is 12.6. The summed E-state index contributed by atoms with van der Waals surface area (Å²) in [6.07, 6.45) is 0.570. The molecule has 2 aromatic rings. The van der Waals surface area contributed by atoms with E-state index in [0.717, 1.165) is 5.69 Å². The number of carbonyl (C=O) groups excluding carboxylic acids is 3. The summed E-state index contributed by atoms with van der Waals surface area (Å²) in [6.45, 7) is 0.316. The molecule has 6 heteroatoms. The largest absolute Gasteiger partial charge is 0.455 e. The Morgan fingerprint density at radius 1 is 1.12 bits per heavy atom. The summed E-state index contributed by atoms with van der Waals surface area (Å²) in [7, 11) is 3.22. The van der Waals surface area contributed by atoms with Crippen molar-refractivity contribution in [3.63, 3.8) is 0 Å². The Morgan fingerprint density at radius 2 is 1.84 bits per heavy atom. The number of amides is 1. The number of nitrogens with zero attached hydrogens (tertiary/aromatic N) is 2. The van der Waals surface area contributed by atoms with Crippen LogP contribution in [-0.4, -0.2) is 47.8 Å². The second kappa shape index (κ2) is 6.93. The zero-order valence-electron chi connectivity index (χ0n) is 14.3. The summed E-state index contributed by atoms with van der Waals surface area (Å²) in [5.41, 5.74) is 1.95. The maximum Gasteiger partial charge on any atom is 0.315 e. The highest BCUT2D eigenvalue weighted by Gasteiger charge is 2.33. The second-order valence-electron chi connectivity index (χ2n) is 6.23. The van der Waals surface area contributed by atoms with Gasteiger partial charge in [0.05, 0.1) is 11.6 Å². The number of hydrogen-bond acceptors (Lipinski definition) is 4. The first-order chi connectivity index (χ1) is 12.0. The van der Waals surface area contributed by atoms with Crippen molar-refractivity contribution in [2.45, 2.75) is 18.9 Å². The van der Waals surface area contributed by atoms with E-state index in [9.17, 15) is 14.4 Å². The minimum Gasteiger partial charge on any atom is -0.455 e. The van der Waals surface area contributed by atoms with E-state index in [2.05, 4.69) is 0 Å². The van der Waals surface area contributed by atoms with Crippen molar-refractivity contribution < 1.29 is 19.1 Å². The minimum absolute atomic E-state index is 0.0661. The first-order valence-corrected chi connectivity index (χ1v) is 8.15. The number of benzene rings is 1. The van der Waals surface area contributed by atoms with E-state index in [1.165, 1.54) is 4.90 Å². The zero-order valence-corrected chi connectivity index (χ0v) is 14.3. The molecule has 6 nitrogen and oxygen atoms in total. The third-order valence-corrected chi connectivity index (χ3v) is 4.40. The Hall–Kier alpha value is -2.89. The van der Waals surface area contributed by atoms with Crippen LogP contribution in [0.25, 0.3) is 0 Å². The number of likely N-dealkylation sites (N-methyl/N-ethyl adjacent to an activating group) is 1. The normalized spacial score (nSPS) is 15.5. The fraction of sp³-hybridized carbons (Fsp3) is 0.316. The fourth-order valence-corrected chi connectivity index (χ4v) is 2.98. The lowest BCUT2D eigenvalue weighted by Crippen LogP contribution is -2.28. The van der Waals surface area contributed by atoms with E-state index in [1.807, 2.05) is 22.8 Å². The number of aromatic nitrogens is 1. The van der Waals surface area contributed by atoms with E-state index in [0.29, 0.717) is 24.2 Å². The van der Waals surface area contributed by atoms with Gasteiger partial charge in [0.2, 0.25) is 5.78 Å². The molecule has 0 bridgehead atoms. The first-order valence-electron chi connectivity index (χ1n) is 8.15. The van der Waals surface area contributed by atoms with Gasteiger partial charge in [-0.25, -0.2) is 0 Å². The molecule has 1 aliphatic rings. The van der Waals surface area contributed by atoms with E-state index in [4.69, 9.17) is 4.74 Å². The Balaban J connectivity index is 1.74. The number of esters is 1. The lowest BCUT2D eigenvalue weighted by molar-refractivity contribution is -0.152. The average Bonchev–Trinajstić information content (AvgIpc) is 3.21. The van der Waals surface area contributed by atoms with Gasteiger partial charge in [-0.1, -0.05) is 30.3 Å². The third-order valence-electron chi connectivity index (χ3n) is 4.40. The standard InChI is InChI=1S/C19H20N2O4/c1-20(2)17(22)12-25-19(24)14-10-11-21-15(14)8-9-16(21)18(23)13-6-4-3-5-7-13/h3-9,14H,10-12H2,1-2H3/t14-/m0/s1. The molecule has 2 heterocycles. The molecule has 0 spiro atoms. The summed E-state index contributed by atoms with van der Waals surface area (Å²) in [5.74, 6) is -1.19. The topological polar surface area (TPSA) is 68.6 Å². The van der Waals surface area contributed by atoms with Crippen molar-refractivity contribution in [3.8, 4) is 0 Å². The lowest BCUT2D eigenvalue weighted by Gasteiger charge is -2.12. The molecule has 0 N–H and O–H groups in total. The second-order valence-corrected chi connectivity index (χ2v) is 6.23. The highest BCUT2D eigenvalue weighted by Crippen LogP contribution is 2.32. The van der Waals surface area contributed by atoms with Crippen LogP contribution in [0.5, 0.6) is 0 Å². The van der Waals surface area contributed by atoms with E-state index < -0.39 is 11.9 Å². The van der Waals surface area contributed by atoms with Gasteiger partial charge in [0.1, 0.15) is 0 Å². The molecular formula is C19H20N2O4. The zero-order chi connectivity index (χ0) is 18.0. The molecule has 0 saturated heterocycles. The van der Waals surface area contributed by atoms with Crippen molar-refractivity contribution in [2.75, 3.05) is 20.7 Å². The summed E-state index contributed by atoms with van der Waals surface area (Å²) >= 11 is 0. The van der Waals surface area contributed by atoms with Crippen LogP contribution in [0, 0.1) is 0 Å². The van der Waals surface area contributed by atoms with E-state index in [1.54, 1.807) is 38.4 Å². The number of ether oxygens (including phenoxy) is 1. The van der Waals surface area contributed by atoms with Gasteiger partial charge in [0.15, 0.2) is 6.61 Å². The lowest BCUT2D eigenvalue weighted by atomic mass is 10.1. The molecule has 0 fully saturated rings. The molecule has 1 amide bonds. The fourth-order valence-electron chi connectivity index (χ4n) is 2.98. The van der Waals surface area contributed by atoms with E-state index in [-0.39, 0.29) is 18.3 Å². The molecule has 1 aromatic carbocycles. The summed E-state index contributed by atoms with van der Waals surface area (Å²) < 4.78 is 7.00. The van der Waals surface area contributed by atoms with Crippen molar-refractivity contribution in [1.29, 1.82) is 0 Å². The summed E-state index contributed by atoms with van der Waals surface area (Å²) in [6, 6.07) is 12.6. The molecule has 1 aromatic heterocycles. The number of ketones is 1. The van der Waals surface area contributed by atoms with E-state index >= 15 is 0 Å². The predicted molar refractivity (Wildman–Crippen MR) is 91.3 cm³/mol. The van der Waals surface area contributed by atoms with Gasteiger partial charge in [0.25, 0.3) is 5.91 Å². The summed E-state index contributed by atoms with van der Waals surface area (Å²) in [5, 5.41) is 0. The van der Waals surface area contributed by atoms with Crippen LogP contribution in [0.15, 0.2) is 42.5 Å². The maximum atomic E-state index is 12.6.